The summed E-state index contributed by atoms with van der Waals surface area (Å²) in [5, 5.41) is 10.6. The SMILES string of the molecule is COc1ccc2[nH]cc(CC(=O)N(CC(C)O)C(C)C)c2c1. The lowest BCUT2D eigenvalue weighted by Gasteiger charge is -2.28. The summed E-state index contributed by atoms with van der Waals surface area (Å²) in [4.78, 5) is 17.4. The van der Waals surface area contributed by atoms with E-state index in [1.54, 1.807) is 18.9 Å². The fourth-order valence-electron chi connectivity index (χ4n) is 2.58. The van der Waals surface area contributed by atoms with Gasteiger partial charge < -0.3 is 19.7 Å². The predicted molar refractivity (Wildman–Crippen MR) is 87.1 cm³/mol. The van der Waals surface area contributed by atoms with E-state index in [1.807, 2.05) is 38.2 Å². The summed E-state index contributed by atoms with van der Waals surface area (Å²) >= 11 is 0. The Kier molecular flexibility index (Phi) is 5.08. The van der Waals surface area contributed by atoms with Gasteiger partial charge in [-0.05, 0) is 44.5 Å². The fraction of sp³-hybridized carbons (Fsp3) is 0.471. The summed E-state index contributed by atoms with van der Waals surface area (Å²) in [6.45, 7) is 5.96. The molecular weight excluding hydrogens is 280 g/mol. The van der Waals surface area contributed by atoms with Crippen molar-refractivity contribution in [1.29, 1.82) is 0 Å². The number of ether oxygens (including phenoxy) is 1. The number of carbonyl (C=O) groups is 1. The molecule has 0 bridgehead atoms. The number of benzene rings is 1. The minimum Gasteiger partial charge on any atom is -0.497 e. The first-order valence-corrected chi connectivity index (χ1v) is 7.54. The molecule has 0 radical (unpaired) electrons. The zero-order valence-electron chi connectivity index (χ0n) is 13.6. The summed E-state index contributed by atoms with van der Waals surface area (Å²) in [6.07, 6.45) is 1.63. The van der Waals surface area contributed by atoms with Crippen LogP contribution in [0.5, 0.6) is 5.75 Å². The van der Waals surface area contributed by atoms with E-state index in [9.17, 15) is 9.90 Å². The van der Waals surface area contributed by atoms with Gasteiger partial charge in [-0.15, -0.1) is 0 Å². The molecule has 0 saturated carbocycles. The molecule has 1 atom stereocenters. The van der Waals surface area contributed by atoms with E-state index in [0.29, 0.717) is 13.0 Å². The number of carbonyl (C=O) groups excluding carboxylic acids is 1. The average Bonchev–Trinajstić information content (AvgIpc) is 2.86. The van der Waals surface area contributed by atoms with Gasteiger partial charge in [-0.25, -0.2) is 0 Å². The molecule has 1 heterocycles. The smallest absolute Gasteiger partial charge is 0.227 e. The van der Waals surface area contributed by atoms with Crippen molar-refractivity contribution in [1.82, 2.24) is 9.88 Å². The second kappa shape index (κ2) is 6.83. The van der Waals surface area contributed by atoms with Gasteiger partial charge in [-0.3, -0.25) is 4.79 Å². The van der Waals surface area contributed by atoms with E-state index in [-0.39, 0.29) is 11.9 Å². The number of methoxy groups -OCH3 is 1. The van der Waals surface area contributed by atoms with Crippen LogP contribution in [0.3, 0.4) is 0 Å². The van der Waals surface area contributed by atoms with E-state index in [2.05, 4.69) is 4.98 Å². The lowest BCUT2D eigenvalue weighted by molar-refractivity contribution is -0.133. The van der Waals surface area contributed by atoms with Crippen molar-refractivity contribution in [2.75, 3.05) is 13.7 Å². The van der Waals surface area contributed by atoms with Crippen LogP contribution in [-0.2, 0) is 11.2 Å². The average molecular weight is 304 g/mol. The number of nitrogens with one attached hydrogen (secondary N) is 1. The Bertz CT molecular complexity index is 646. The molecule has 1 amide bonds. The number of hydrogen-bond donors (Lipinski definition) is 2. The molecule has 0 aliphatic heterocycles. The molecule has 0 spiro atoms. The maximum Gasteiger partial charge on any atom is 0.227 e. The molecule has 22 heavy (non-hydrogen) atoms. The van der Waals surface area contributed by atoms with Crippen LogP contribution >= 0.6 is 0 Å². The standard InChI is InChI=1S/C17H24N2O3/c1-11(2)19(10-12(3)20)17(21)7-13-9-18-16-6-5-14(22-4)8-15(13)16/h5-6,8-9,11-12,18,20H,7,10H2,1-4H3. The fourth-order valence-corrected chi connectivity index (χ4v) is 2.58. The molecule has 1 aromatic carbocycles. The largest absolute Gasteiger partial charge is 0.497 e. The van der Waals surface area contributed by atoms with E-state index >= 15 is 0 Å². The molecule has 2 N–H and O–H groups in total. The molecule has 0 aliphatic rings. The van der Waals surface area contributed by atoms with Gasteiger partial charge in [-0.2, -0.15) is 0 Å². The van der Waals surface area contributed by atoms with Crippen LogP contribution in [0, 0.1) is 0 Å². The Balaban J connectivity index is 2.23. The summed E-state index contributed by atoms with van der Waals surface area (Å²) in [5.41, 5.74) is 1.92. The van der Waals surface area contributed by atoms with Crippen molar-refractivity contribution in [3.63, 3.8) is 0 Å². The molecule has 2 rings (SSSR count). The Morgan fingerprint density at radius 2 is 2.09 bits per heavy atom. The van der Waals surface area contributed by atoms with E-state index < -0.39 is 6.10 Å². The number of aromatic nitrogens is 1. The van der Waals surface area contributed by atoms with Gasteiger partial charge in [0.15, 0.2) is 0 Å². The van der Waals surface area contributed by atoms with E-state index in [0.717, 1.165) is 22.2 Å². The number of nitrogens with zero attached hydrogens (tertiary/aromatic N) is 1. The Morgan fingerprint density at radius 1 is 1.36 bits per heavy atom. The van der Waals surface area contributed by atoms with Crippen LogP contribution in [-0.4, -0.2) is 46.7 Å². The molecule has 120 valence electrons. The molecule has 1 unspecified atom stereocenters. The van der Waals surface area contributed by atoms with Crippen LogP contribution in [0.1, 0.15) is 26.3 Å². The number of H-pyrrole nitrogens is 1. The molecule has 0 fully saturated rings. The first kappa shape index (κ1) is 16.4. The van der Waals surface area contributed by atoms with Crippen molar-refractivity contribution in [3.8, 4) is 5.75 Å². The molecule has 2 aromatic rings. The van der Waals surface area contributed by atoms with Crippen LogP contribution < -0.4 is 4.74 Å². The third kappa shape index (κ3) is 3.60. The maximum absolute atomic E-state index is 12.6. The minimum absolute atomic E-state index is 0.0135. The summed E-state index contributed by atoms with van der Waals surface area (Å²) in [7, 11) is 1.63. The van der Waals surface area contributed by atoms with Gasteiger partial charge in [0.05, 0.1) is 19.6 Å². The summed E-state index contributed by atoms with van der Waals surface area (Å²) < 4.78 is 5.25. The number of rotatable bonds is 6. The Labute approximate surface area is 130 Å². The zero-order chi connectivity index (χ0) is 16.3. The number of hydrogen-bond acceptors (Lipinski definition) is 3. The maximum atomic E-state index is 12.6. The first-order valence-electron chi connectivity index (χ1n) is 7.54. The van der Waals surface area contributed by atoms with Gasteiger partial charge in [0.25, 0.3) is 0 Å². The molecule has 1 aromatic heterocycles. The van der Waals surface area contributed by atoms with Crippen molar-refractivity contribution in [3.05, 3.63) is 30.0 Å². The molecule has 0 aliphatic carbocycles. The zero-order valence-corrected chi connectivity index (χ0v) is 13.6. The highest BCUT2D eigenvalue weighted by Crippen LogP contribution is 2.24. The van der Waals surface area contributed by atoms with Crippen molar-refractivity contribution >= 4 is 16.8 Å². The third-order valence-electron chi connectivity index (χ3n) is 3.72. The Morgan fingerprint density at radius 3 is 2.68 bits per heavy atom. The van der Waals surface area contributed by atoms with Crippen molar-refractivity contribution in [2.45, 2.75) is 39.3 Å². The second-order valence-electron chi connectivity index (χ2n) is 5.89. The van der Waals surface area contributed by atoms with Gasteiger partial charge in [0.1, 0.15) is 5.75 Å². The highest BCUT2D eigenvalue weighted by molar-refractivity contribution is 5.89. The summed E-state index contributed by atoms with van der Waals surface area (Å²) in [6, 6.07) is 5.82. The molecule has 5 nitrogen and oxygen atoms in total. The topological polar surface area (TPSA) is 65.6 Å². The minimum atomic E-state index is -0.533. The first-order chi connectivity index (χ1) is 10.4. The van der Waals surface area contributed by atoms with Gasteiger partial charge in [0.2, 0.25) is 5.91 Å². The van der Waals surface area contributed by atoms with Gasteiger partial charge >= 0.3 is 0 Å². The van der Waals surface area contributed by atoms with Crippen molar-refractivity contribution < 1.29 is 14.6 Å². The quantitative estimate of drug-likeness (QED) is 0.861. The number of aliphatic hydroxyl groups excluding tert-OH is 1. The number of aliphatic hydroxyl groups is 1. The highest BCUT2D eigenvalue weighted by atomic mass is 16.5. The monoisotopic (exact) mass is 304 g/mol. The summed E-state index contributed by atoms with van der Waals surface area (Å²) in [5.74, 6) is 0.783. The van der Waals surface area contributed by atoms with Crippen LogP contribution in [0.15, 0.2) is 24.4 Å². The predicted octanol–water partition coefficient (Wildman–Crippen LogP) is 2.34. The van der Waals surface area contributed by atoms with Crippen LogP contribution in [0.2, 0.25) is 0 Å². The second-order valence-corrected chi connectivity index (χ2v) is 5.89. The Hall–Kier alpha value is -2.01. The number of aromatic amines is 1. The molecule has 5 heteroatoms. The molecule has 0 saturated heterocycles. The van der Waals surface area contributed by atoms with Crippen LogP contribution in [0.4, 0.5) is 0 Å². The van der Waals surface area contributed by atoms with Gasteiger partial charge in [0, 0.05) is 29.7 Å². The van der Waals surface area contributed by atoms with E-state index in [4.69, 9.17) is 4.74 Å². The normalized spacial score (nSPS) is 12.6. The molecular formula is C17H24N2O3. The van der Waals surface area contributed by atoms with Crippen LogP contribution in [0.25, 0.3) is 10.9 Å². The third-order valence-corrected chi connectivity index (χ3v) is 3.72. The highest BCUT2D eigenvalue weighted by Gasteiger charge is 2.20. The van der Waals surface area contributed by atoms with Crippen molar-refractivity contribution in [2.24, 2.45) is 0 Å². The lowest BCUT2D eigenvalue weighted by atomic mass is 10.1. The van der Waals surface area contributed by atoms with Gasteiger partial charge in [-0.1, -0.05) is 0 Å². The lowest BCUT2D eigenvalue weighted by Crippen LogP contribution is -2.42. The number of amides is 1. The van der Waals surface area contributed by atoms with E-state index in [1.165, 1.54) is 0 Å². The number of fused-ring (bicyclic) bond motifs is 1.